The van der Waals surface area contributed by atoms with E-state index < -0.39 is 5.60 Å². The maximum Gasteiger partial charge on any atom is 0.203 e. The maximum absolute atomic E-state index is 11.4. The zero-order chi connectivity index (χ0) is 20.1. The van der Waals surface area contributed by atoms with Crippen molar-refractivity contribution in [1.82, 2.24) is 9.55 Å². The van der Waals surface area contributed by atoms with Crippen LogP contribution >= 0.6 is 34.8 Å². The second-order valence-corrected chi connectivity index (χ2v) is 8.43. The Kier molecular flexibility index (Phi) is 5.25. The molecule has 28 heavy (non-hydrogen) atoms. The third kappa shape index (κ3) is 3.07. The molecule has 0 amide bonds. The molecule has 148 valence electrons. The number of aromatic nitrogens is 2. The molecule has 0 fully saturated rings. The quantitative estimate of drug-likeness (QED) is 0.489. The van der Waals surface area contributed by atoms with Crippen molar-refractivity contribution in [1.29, 1.82) is 0 Å². The van der Waals surface area contributed by atoms with Crippen LogP contribution in [0.1, 0.15) is 38.7 Å². The molecule has 0 spiro atoms. The number of hydrogen-bond donors (Lipinski definition) is 2. The molecular formula is C21H22Cl3N3O. The highest BCUT2D eigenvalue weighted by Crippen LogP contribution is 2.45. The highest BCUT2D eigenvalue weighted by Gasteiger charge is 2.32. The molecule has 7 heteroatoms. The lowest BCUT2D eigenvalue weighted by molar-refractivity contribution is 0.0296. The Balaban J connectivity index is 2.09. The Bertz CT molecular complexity index is 1060. The zero-order valence-electron chi connectivity index (χ0n) is 15.8. The van der Waals surface area contributed by atoms with Crippen LogP contribution in [0.4, 0.5) is 5.95 Å². The molecule has 1 aromatic heterocycles. The summed E-state index contributed by atoms with van der Waals surface area (Å²) < 4.78 is 2.13. The standard InChI is InChI=1S/C21H22Cl3N3O/c1-3-21(28,4-2)15-11-14(13-7-6-12(22)10-16(13)23)17(24)18-19(15)27-9-5-8-25-20(27)26-18/h6-7,10-11,28H,3-5,8-9H2,1-2H3,(H,25,26). The van der Waals surface area contributed by atoms with Crippen molar-refractivity contribution in [2.24, 2.45) is 0 Å². The Morgan fingerprint density at radius 2 is 1.89 bits per heavy atom. The molecule has 2 N–H and O–H groups in total. The van der Waals surface area contributed by atoms with Gasteiger partial charge in [0.2, 0.25) is 5.95 Å². The maximum atomic E-state index is 11.4. The van der Waals surface area contributed by atoms with Gasteiger partial charge in [-0.3, -0.25) is 0 Å². The van der Waals surface area contributed by atoms with E-state index >= 15 is 0 Å². The van der Waals surface area contributed by atoms with Crippen molar-refractivity contribution in [3.05, 3.63) is 44.9 Å². The fourth-order valence-electron chi connectivity index (χ4n) is 3.96. The van der Waals surface area contributed by atoms with Crippen LogP contribution in [0, 0.1) is 0 Å². The number of hydrogen-bond acceptors (Lipinski definition) is 3. The van der Waals surface area contributed by atoms with E-state index in [4.69, 9.17) is 39.8 Å². The van der Waals surface area contributed by atoms with Gasteiger partial charge < -0.3 is 15.0 Å². The molecule has 0 saturated heterocycles. The molecule has 0 saturated carbocycles. The Hall–Kier alpha value is -1.46. The number of halogens is 3. The first kappa shape index (κ1) is 19.8. The average molecular weight is 439 g/mol. The van der Waals surface area contributed by atoms with Crippen molar-refractivity contribution < 1.29 is 5.11 Å². The van der Waals surface area contributed by atoms with Crippen LogP contribution in [0.25, 0.3) is 22.2 Å². The Morgan fingerprint density at radius 1 is 1.14 bits per heavy atom. The summed E-state index contributed by atoms with van der Waals surface area (Å²) in [4.78, 5) is 4.77. The van der Waals surface area contributed by atoms with Crippen molar-refractivity contribution in [3.8, 4) is 11.1 Å². The predicted molar refractivity (Wildman–Crippen MR) is 118 cm³/mol. The van der Waals surface area contributed by atoms with Gasteiger partial charge in [0, 0.05) is 39.8 Å². The summed E-state index contributed by atoms with van der Waals surface area (Å²) in [5.41, 5.74) is 2.96. The molecule has 0 unspecified atom stereocenters. The van der Waals surface area contributed by atoms with Gasteiger partial charge in [-0.25, -0.2) is 4.98 Å². The lowest BCUT2D eigenvalue weighted by Gasteiger charge is -2.29. The summed E-state index contributed by atoms with van der Waals surface area (Å²) in [6.07, 6.45) is 2.17. The van der Waals surface area contributed by atoms with Crippen LogP contribution in [-0.4, -0.2) is 21.2 Å². The number of aryl methyl sites for hydroxylation is 1. The lowest BCUT2D eigenvalue weighted by Crippen LogP contribution is -2.25. The molecule has 0 radical (unpaired) electrons. The number of fused-ring (bicyclic) bond motifs is 3. The van der Waals surface area contributed by atoms with Gasteiger partial charge in [-0.05, 0) is 37.5 Å². The average Bonchev–Trinajstić information content (AvgIpc) is 3.08. The van der Waals surface area contributed by atoms with E-state index in [-0.39, 0.29) is 0 Å². The summed E-state index contributed by atoms with van der Waals surface area (Å²) in [6, 6.07) is 7.31. The van der Waals surface area contributed by atoms with Gasteiger partial charge in [0.25, 0.3) is 0 Å². The minimum atomic E-state index is -0.981. The molecule has 3 aromatic rings. The fourth-order valence-corrected chi connectivity index (χ4v) is 4.76. The van der Waals surface area contributed by atoms with Crippen LogP contribution in [0.15, 0.2) is 24.3 Å². The van der Waals surface area contributed by atoms with Gasteiger partial charge in [-0.15, -0.1) is 0 Å². The van der Waals surface area contributed by atoms with E-state index in [1.165, 1.54) is 0 Å². The number of nitrogens with zero attached hydrogens (tertiary/aromatic N) is 2. The monoisotopic (exact) mass is 437 g/mol. The van der Waals surface area contributed by atoms with E-state index in [1.807, 2.05) is 26.0 Å². The number of anilines is 1. The van der Waals surface area contributed by atoms with Crippen LogP contribution < -0.4 is 5.32 Å². The number of benzene rings is 2. The Labute approximate surface area is 179 Å². The number of rotatable bonds is 4. The zero-order valence-corrected chi connectivity index (χ0v) is 18.1. The predicted octanol–water partition coefficient (Wildman–Crippen LogP) is 6.49. The van der Waals surface area contributed by atoms with Crippen LogP contribution in [0.3, 0.4) is 0 Å². The van der Waals surface area contributed by atoms with Crippen LogP contribution in [0.5, 0.6) is 0 Å². The molecule has 1 aliphatic heterocycles. The van der Waals surface area contributed by atoms with E-state index in [1.54, 1.807) is 12.1 Å². The van der Waals surface area contributed by atoms with Gasteiger partial charge in [0.1, 0.15) is 5.52 Å². The molecule has 4 rings (SSSR count). The van der Waals surface area contributed by atoms with E-state index in [0.717, 1.165) is 47.7 Å². The smallest absolute Gasteiger partial charge is 0.203 e. The highest BCUT2D eigenvalue weighted by atomic mass is 35.5. The molecule has 1 aliphatic rings. The van der Waals surface area contributed by atoms with Crippen LogP contribution in [0.2, 0.25) is 15.1 Å². The molecule has 0 bridgehead atoms. The van der Waals surface area contributed by atoms with Crippen molar-refractivity contribution in [2.45, 2.75) is 45.3 Å². The minimum Gasteiger partial charge on any atom is -0.385 e. The van der Waals surface area contributed by atoms with E-state index in [2.05, 4.69) is 9.88 Å². The van der Waals surface area contributed by atoms with Crippen molar-refractivity contribution >= 4 is 51.8 Å². The third-order valence-electron chi connectivity index (χ3n) is 5.69. The SMILES string of the molecule is CCC(O)(CC)c1cc(-c2ccc(Cl)cc2Cl)c(Cl)c2nc3n(c12)CCCN3. The van der Waals surface area contributed by atoms with Gasteiger partial charge in [0.15, 0.2) is 0 Å². The van der Waals surface area contributed by atoms with Crippen molar-refractivity contribution in [2.75, 3.05) is 11.9 Å². The second-order valence-electron chi connectivity index (χ2n) is 7.21. The van der Waals surface area contributed by atoms with Crippen molar-refractivity contribution in [3.63, 3.8) is 0 Å². The van der Waals surface area contributed by atoms with E-state index in [9.17, 15) is 5.11 Å². The summed E-state index contributed by atoms with van der Waals surface area (Å²) >= 11 is 19.4. The third-order valence-corrected chi connectivity index (χ3v) is 6.62. The van der Waals surface area contributed by atoms with Crippen LogP contribution in [-0.2, 0) is 12.1 Å². The normalized spacial score (nSPS) is 14.2. The first-order valence-electron chi connectivity index (χ1n) is 9.54. The van der Waals surface area contributed by atoms with Gasteiger partial charge in [-0.1, -0.05) is 54.7 Å². The van der Waals surface area contributed by atoms with Gasteiger partial charge in [-0.2, -0.15) is 0 Å². The van der Waals surface area contributed by atoms with Gasteiger partial charge >= 0.3 is 0 Å². The highest BCUT2D eigenvalue weighted by molar-refractivity contribution is 6.40. The minimum absolute atomic E-state index is 0.512. The summed E-state index contributed by atoms with van der Waals surface area (Å²) in [5.74, 6) is 0.790. The molecule has 2 heterocycles. The number of nitrogens with one attached hydrogen (secondary N) is 1. The fraction of sp³-hybridized carbons (Fsp3) is 0.381. The van der Waals surface area contributed by atoms with E-state index in [0.29, 0.717) is 33.4 Å². The first-order chi connectivity index (χ1) is 13.4. The number of aliphatic hydroxyl groups is 1. The molecular weight excluding hydrogens is 417 g/mol. The summed E-state index contributed by atoms with van der Waals surface area (Å²) in [7, 11) is 0. The topological polar surface area (TPSA) is 50.1 Å². The molecule has 0 aliphatic carbocycles. The lowest BCUT2D eigenvalue weighted by atomic mass is 9.85. The summed E-state index contributed by atoms with van der Waals surface area (Å²) in [5, 5.41) is 16.4. The molecule has 2 aromatic carbocycles. The molecule has 0 atom stereocenters. The molecule has 4 nitrogen and oxygen atoms in total. The Morgan fingerprint density at radius 3 is 2.57 bits per heavy atom. The summed E-state index contributed by atoms with van der Waals surface area (Å²) in [6.45, 7) is 5.69. The first-order valence-corrected chi connectivity index (χ1v) is 10.7. The number of imidazole rings is 1. The largest absolute Gasteiger partial charge is 0.385 e. The second kappa shape index (κ2) is 7.42. The van der Waals surface area contributed by atoms with Gasteiger partial charge in [0.05, 0.1) is 16.1 Å².